The normalized spacial score (nSPS) is 13.6. The minimum absolute atomic E-state index is 0.933. The summed E-state index contributed by atoms with van der Waals surface area (Å²) in [7, 11) is 0. The predicted octanol–water partition coefficient (Wildman–Crippen LogP) is 5.34. The largest absolute Gasteiger partial charge is 0.0885 e. The van der Waals surface area contributed by atoms with E-state index < -0.39 is 0 Å². The molecule has 0 amide bonds. The average molecular weight is 196 g/mol. The number of hydrogen-bond acceptors (Lipinski definition) is 0. The van der Waals surface area contributed by atoms with Crippen molar-refractivity contribution in [2.45, 2.75) is 72.1 Å². The molecule has 1 atom stereocenters. The maximum atomic E-state index is 2.40. The highest BCUT2D eigenvalue weighted by Crippen LogP contribution is 2.15. The van der Waals surface area contributed by atoms with Gasteiger partial charge in [0.05, 0.1) is 0 Å². The van der Waals surface area contributed by atoms with Gasteiger partial charge in [0.25, 0.3) is 0 Å². The topological polar surface area (TPSA) is 0 Å². The number of hydrogen-bond donors (Lipinski definition) is 0. The van der Waals surface area contributed by atoms with Crippen molar-refractivity contribution in [1.82, 2.24) is 0 Å². The van der Waals surface area contributed by atoms with Crippen LogP contribution in [0.15, 0.2) is 12.2 Å². The van der Waals surface area contributed by atoms with Crippen molar-refractivity contribution in [3.05, 3.63) is 12.2 Å². The average Bonchev–Trinajstić information content (AvgIpc) is 2.21. The zero-order chi connectivity index (χ0) is 10.6. The fraction of sp³-hybridized carbons (Fsp3) is 0.857. The highest BCUT2D eigenvalue weighted by molar-refractivity contribution is 4.83. The van der Waals surface area contributed by atoms with E-state index in [-0.39, 0.29) is 0 Å². The summed E-state index contributed by atoms with van der Waals surface area (Å²) in [5.74, 6) is 0.933. The van der Waals surface area contributed by atoms with Crippen LogP contribution in [0.5, 0.6) is 0 Å². The van der Waals surface area contributed by atoms with Crippen molar-refractivity contribution in [3.8, 4) is 0 Å². The van der Waals surface area contributed by atoms with Crippen molar-refractivity contribution in [2.75, 3.05) is 0 Å². The second-order valence-corrected chi connectivity index (χ2v) is 4.27. The molecule has 0 nitrogen and oxygen atoms in total. The lowest BCUT2D eigenvalue weighted by Gasteiger charge is -2.09. The Hall–Kier alpha value is -0.260. The van der Waals surface area contributed by atoms with Gasteiger partial charge in [-0.25, -0.2) is 0 Å². The summed E-state index contributed by atoms with van der Waals surface area (Å²) in [6.07, 6.45) is 15.5. The highest BCUT2D eigenvalue weighted by Gasteiger charge is 2.00. The van der Waals surface area contributed by atoms with Crippen LogP contribution in [-0.2, 0) is 0 Å². The zero-order valence-corrected chi connectivity index (χ0v) is 10.4. The molecule has 0 heteroatoms. The monoisotopic (exact) mass is 196 g/mol. The summed E-state index contributed by atoms with van der Waals surface area (Å²) in [6.45, 7) is 6.86. The van der Waals surface area contributed by atoms with Crippen molar-refractivity contribution in [3.63, 3.8) is 0 Å². The van der Waals surface area contributed by atoms with Gasteiger partial charge >= 0.3 is 0 Å². The van der Waals surface area contributed by atoms with E-state index in [1.54, 1.807) is 0 Å². The summed E-state index contributed by atoms with van der Waals surface area (Å²) in [5.41, 5.74) is 0. The van der Waals surface area contributed by atoms with Crippen LogP contribution in [0, 0.1) is 5.92 Å². The summed E-state index contributed by atoms with van der Waals surface area (Å²) in [4.78, 5) is 0. The van der Waals surface area contributed by atoms with Crippen molar-refractivity contribution < 1.29 is 0 Å². The molecule has 0 saturated carbocycles. The molecule has 0 aliphatic carbocycles. The van der Waals surface area contributed by atoms with Crippen LogP contribution in [0.3, 0.4) is 0 Å². The first-order chi connectivity index (χ1) is 6.85. The predicted molar refractivity (Wildman–Crippen MR) is 66.6 cm³/mol. The van der Waals surface area contributed by atoms with Crippen molar-refractivity contribution in [2.24, 2.45) is 5.92 Å². The minimum atomic E-state index is 0.933. The Bertz CT molecular complexity index is 124. The molecule has 0 radical (unpaired) electrons. The molecule has 0 aliphatic heterocycles. The second-order valence-electron chi connectivity index (χ2n) is 4.27. The van der Waals surface area contributed by atoms with Gasteiger partial charge in [-0.1, -0.05) is 65.0 Å². The van der Waals surface area contributed by atoms with E-state index in [0.717, 1.165) is 5.92 Å². The first-order valence-electron chi connectivity index (χ1n) is 6.50. The maximum absolute atomic E-state index is 2.40. The lowest BCUT2D eigenvalue weighted by atomic mass is 9.97. The molecule has 0 aromatic heterocycles. The fourth-order valence-electron chi connectivity index (χ4n) is 1.82. The fourth-order valence-corrected chi connectivity index (χ4v) is 1.82. The molecule has 0 aromatic rings. The molecule has 1 unspecified atom stereocenters. The van der Waals surface area contributed by atoms with Crippen LogP contribution in [0.2, 0.25) is 0 Å². The SMILES string of the molecule is CCCCCC=CCC(CC)CCC. The van der Waals surface area contributed by atoms with E-state index >= 15 is 0 Å². The van der Waals surface area contributed by atoms with Crippen molar-refractivity contribution >= 4 is 0 Å². The van der Waals surface area contributed by atoms with Gasteiger partial charge in [0.2, 0.25) is 0 Å². The Morgan fingerprint density at radius 1 is 0.929 bits per heavy atom. The number of allylic oxidation sites excluding steroid dienone is 2. The Labute approximate surface area is 90.8 Å². The first-order valence-corrected chi connectivity index (χ1v) is 6.50. The molecule has 14 heavy (non-hydrogen) atoms. The van der Waals surface area contributed by atoms with E-state index in [1.807, 2.05) is 0 Å². The molecular weight excluding hydrogens is 168 g/mol. The smallest absolute Gasteiger partial charge is 0.0322 e. The highest BCUT2D eigenvalue weighted by atomic mass is 14.1. The van der Waals surface area contributed by atoms with Crippen LogP contribution >= 0.6 is 0 Å². The van der Waals surface area contributed by atoms with Gasteiger partial charge in [-0.15, -0.1) is 0 Å². The van der Waals surface area contributed by atoms with Gasteiger partial charge < -0.3 is 0 Å². The second kappa shape index (κ2) is 10.8. The van der Waals surface area contributed by atoms with Gasteiger partial charge in [0.1, 0.15) is 0 Å². The molecule has 84 valence electrons. The lowest BCUT2D eigenvalue weighted by molar-refractivity contribution is 0.470. The van der Waals surface area contributed by atoms with E-state index in [2.05, 4.69) is 32.9 Å². The summed E-state index contributed by atoms with van der Waals surface area (Å²) < 4.78 is 0. The van der Waals surface area contributed by atoms with Crippen LogP contribution in [0.25, 0.3) is 0 Å². The molecule has 0 saturated heterocycles. The molecular formula is C14H28. The molecule has 0 aliphatic rings. The molecule has 0 spiro atoms. The molecule has 0 heterocycles. The third-order valence-electron chi connectivity index (χ3n) is 2.88. The summed E-state index contributed by atoms with van der Waals surface area (Å²) >= 11 is 0. The standard InChI is InChI=1S/C14H28/c1-4-7-8-9-10-11-13-14(6-3)12-5-2/h10-11,14H,4-9,12-13H2,1-3H3. The molecule has 0 aromatic carbocycles. The first kappa shape index (κ1) is 13.7. The Morgan fingerprint density at radius 2 is 1.71 bits per heavy atom. The van der Waals surface area contributed by atoms with E-state index in [0.29, 0.717) is 0 Å². The van der Waals surface area contributed by atoms with Gasteiger partial charge in [0, 0.05) is 0 Å². The zero-order valence-electron chi connectivity index (χ0n) is 10.4. The third-order valence-corrected chi connectivity index (χ3v) is 2.88. The molecule has 0 bridgehead atoms. The summed E-state index contributed by atoms with van der Waals surface area (Å²) in [6, 6.07) is 0. The Kier molecular flexibility index (Phi) is 10.6. The van der Waals surface area contributed by atoms with Crippen LogP contribution < -0.4 is 0 Å². The Balaban J connectivity index is 3.37. The lowest BCUT2D eigenvalue weighted by Crippen LogP contribution is -1.95. The Morgan fingerprint density at radius 3 is 2.29 bits per heavy atom. The van der Waals surface area contributed by atoms with Gasteiger partial charge in [-0.3, -0.25) is 0 Å². The van der Waals surface area contributed by atoms with Crippen LogP contribution in [0.4, 0.5) is 0 Å². The minimum Gasteiger partial charge on any atom is -0.0885 e. The van der Waals surface area contributed by atoms with Gasteiger partial charge in [-0.05, 0) is 25.2 Å². The van der Waals surface area contributed by atoms with E-state index in [1.165, 1.54) is 51.4 Å². The molecule has 0 N–H and O–H groups in total. The van der Waals surface area contributed by atoms with Gasteiger partial charge in [-0.2, -0.15) is 0 Å². The maximum Gasteiger partial charge on any atom is -0.0322 e. The quantitative estimate of drug-likeness (QED) is 0.345. The van der Waals surface area contributed by atoms with Crippen molar-refractivity contribution in [1.29, 1.82) is 0 Å². The van der Waals surface area contributed by atoms with Gasteiger partial charge in [0.15, 0.2) is 0 Å². The summed E-state index contributed by atoms with van der Waals surface area (Å²) in [5, 5.41) is 0. The third kappa shape index (κ3) is 8.34. The van der Waals surface area contributed by atoms with E-state index in [4.69, 9.17) is 0 Å². The number of rotatable bonds is 9. The molecule has 0 fully saturated rings. The number of unbranched alkanes of at least 4 members (excludes halogenated alkanes) is 3. The molecule has 0 rings (SSSR count). The van der Waals surface area contributed by atoms with E-state index in [9.17, 15) is 0 Å². The van der Waals surface area contributed by atoms with Crippen LogP contribution in [-0.4, -0.2) is 0 Å². The van der Waals surface area contributed by atoms with Crippen LogP contribution in [0.1, 0.15) is 72.1 Å².